The van der Waals surface area contributed by atoms with Crippen LogP contribution in [0, 0.1) is 0 Å². The fourth-order valence-corrected chi connectivity index (χ4v) is 0.250. The molecular weight excluding hydrogens is 99.0 g/mol. The molecule has 1 aliphatic carbocycles. The molecule has 0 nitrogen and oxygen atoms in total. The van der Waals surface area contributed by atoms with E-state index in [4.69, 9.17) is 1.76 Å². The summed E-state index contributed by atoms with van der Waals surface area (Å²) in [5, 5.41) is 0. The Kier molecular flexibility index (Phi) is 1.52. The molecule has 0 bridgehead atoms. The first kappa shape index (κ1) is 2.71. The monoisotopic (exact) mass is 112 g/mol. The van der Waals surface area contributed by atoms with Crippen molar-refractivity contribution in [3.05, 3.63) is 0 Å². The fourth-order valence-electron chi connectivity index (χ4n) is 0.250. The molecule has 1 aliphatic rings. The summed E-state index contributed by atoms with van der Waals surface area (Å²) < 4.78 is 11.9. The second-order valence-electron chi connectivity index (χ2n) is 1.41. The van der Waals surface area contributed by atoms with Crippen LogP contribution in [0.25, 0.3) is 0 Å². The van der Waals surface area contributed by atoms with Crippen molar-refractivity contribution in [1.82, 2.24) is 0 Å². The van der Waals surface area contributed by atoms with E-state index < -0.39 is 18.3 Å². The van der Waals surface area contributed by atoms with Crippen LogP contribution in [0.3, 0.4) is 0 Å². The quantitative estimate of drug-likeness (QED) is 0.439. The Hall–Kier alpha value is 0.584. The van der Waals surface area contributed by atoms with Gasteiger partial charge in [0.25, 0.3) is 0 Å². The average Bonchev–Trinajstić information content (AvgIpc) is 1.27. The third-order valence-corrected chi connectivity index (χ3v) is 1.000. The predicted octanol–water partition coefficient (Wildman–Crippen LogP) is 1.02. The molecule has 0 saturated heterocycles. The molecule has 1 fully saturated rings. The molecule has 0 spiro atoms. The van der Waals surface area contributed by atoms with Gasteiger partial charge >= 0.3 is 20.0 Å². The number of hydrogen-bond acceptors (Lipinski definition) is 0. The number of rotatable bonds is 0. The van der Waals surface area contributed by atoms with Crippen molar-refractivity contribution in [2.75, 3.05) is 0 Å². The predicted molar refractivity (Wildman–Crippen MR) is 21.3 cm³/mol. The van der Waals surface area contributed by atoms with Gasteiger partial charge in [0.2, 0.25) is 0 Å². The van der Waals surface area contributed by atoms with Crippen LogP contribution in [0.1, 0.15) is 25.7 Å². The second-order valence-corrected chi connectivity index (χ2v) is 1.41. The molecule has 0 unspecified atom stereocenters. The van der Waals surface area contributed by atoms with E-state index in [1.807, 2.05) is 0 Å². The molecule has 0 atom stereocenters. The Bertz CT molecular complexity index is 24.9. The second kappa shape index (κ2) is 2.80. The maximum absolute atomic E-state index is 5.97. The van der Waals surface area contributed by atoms with Gasteiger partial charge in [0.1, 0.15) is 0 Å². The Balaban J connectivity index is 0.000000110. The van der Waals surface area contributed by atoms with Gasteiger partial charge in [-0.1, -0.05) is 25.7 Å². The van der Waals surface area contributed by atoms with E-state index in [2.05, 4.69) is 0 Å². The first-order chi connectivity index (χ1) is 3.41. The van der Waals surface area contributed by atoms with Gasteiger partial charge in [-0.25, -0.2) is 0 Å². The van der Waals surface area contributed by atoms with Crippen molar-refractivity contribution in [2.24, 2.45) is 0 Å². The summed E-state index contributed by atoms with van der Waals surface area (Å²) in [7, 11) is 0. The Morgan fingerprint density at radius 3 is 1.80 bits per heavy atom. The van der Waals surface area contributed by atoms with Crippen molar-refractivity contribution in [2.45, 2.75) is 25.7 Å². The van der Waals surface area contributed by atoms with Gasteiger partial charge in [0.15, 0.2) is 0 Å². The molecule has 1 rings (SSSR count). The summed E-state index contributed by atoms with van der Waals surface area (Å²) in [5.41, 5.74) is 0. The molecule has 1 saturated carbocycles. The summed E-state index contributed by atoms with van der Waals surface area (Å²) in [6, 6.07) is 0. The molecule has 0 radical (unpaired) electrons. The summed E-state index contributed by atoms with van der Waals surface area (Å²) in [5.74, 6) is 0. The number of hydrogen-bond donors (Lipinski definition) is 0. The SMILES string of the molecule is C1CCC1.[2H][V][3H]. The Labute approximate surface area is 46.4 Å². The molecule has 0 aromatic rings. The van der Waals surface area contributed by atoms with Crippen LogP contribution in [0.5, 0.6) is 0 Å². The molecule has 0 amide bonds. The molecule has 0 aromatic carbocycles. The molecule has 0 aliphatic heterocycles. The van der Waals surface area contributed by atoms with Crippen molar-refractivity contribution in [3.8, 4) is 0 Å². The van der Waals surface area contributed by atoms with E-state index in [0.717, 1.165) is 0 Å². The standard InChI is InChI=1S/C4H8.V.2H/c1-2-4-3-1;;;/h1-4H2;;;/i;;1+2;1+1. The summed E-state index contributed by atoms with van der Waals surface area (Å²) >= 11 is -0.812. The van der Waals surface area contributed by atoms with E-state index in [-0.39, 0.29) is 0 Å². The van der Waals surface area contributed by atoms with Crippen LogP contribution < -0.4 is 0 Å². The normalized spacial score (nSPS) is 22.4. The van der Waals surface area contributed by atoms with Crippen molar-refractivity contribution in [3.63, 3.8) is 0 Å². The Morgan fingerprint density at radius 1 is 1.60 bits per heavy atom. The third-order valence-electron chi connectivity index (χ3n) is 1.000. The van der Waals surface area contributed by atoms with Crippen LogP contribution in [-0.2, 0) is 18.3 Å². The van der Waals surface area contributed by atoms with Gasteiger partial charge in [0, 0.05) is 0 Å². The minimum absolute atomic E-state index is 0.812. The molecule has 5 heavy (non-hydrogen) atoms. The molecule has 0 N–H and O–H groups in total. The van der Waals surface area contributed by atoms with E-state index >= 15 is 0 Å². The fraction of sp³-hybridized carbons (Fsp3) is 1.00. The van der Waals surface area contributed by atoms with Gasteiger partial charge < -0.3 is 0 Å². The van der Waals surface area contributed by atoms with Gasteiger partial charge in [-0.05, 0) is 0 Å². The van der Waals surface area contributed by atoms with Crippen molar-refractivity contribution in [1.29, 1.82) is 1.76 Å². The van der Waals surface area contributed by atoms with Crippen molar-refractivity contribution >= 4 is 0 Å². The Morgan fingerprint density at radius 2 is 1.80 bits per heavy atom. The van der Waals surface area contributed by atoms with Crippen LogP contribution >= 0.6 is 0 Å². The average molecular weight is 112 g/mol. The molecule has 0 heterocycles. The minimum atomic E-state index is -0.812. The summed E-state index contributed by atoms with van der Waals surface area (Å²) in [4.78, 5) is 0. The van der Waals surface area contributed by atoms with Gasteiger partial charge in [0.05, 0.1) is 0 Å². The molecule has 0 aromatic heterocycles. The molecular formula is C4H10V. The zero-order valence-corrected chi connectivity index (χ0v) is 4.67. The zero-order valence-electron chi connectivity index (χ0n) is 5.28. The van der Waals surface area contributed by atoms with Gasteiger partial charge in [-0.2, -0.15) is 0 Å². The molecule has 1 heteroatoms. The van der Waals surface area contributed by atoms with Crippen molar-refractivity contribution < 1.29 is 18.3 Å². The van der Waals surface area contributed by atoms with E-state index in [0.29, 0.717) is 0 Å². The molecule has 31 valence electrons. The van der Waals surface area contributed by atoms with Gasteiger partial charge in [-0.3, -0.25) is 0 Å². The van der Waals surface area contributed by atoms with Crippen LogP contribution in [0.4, 0.5) is 0 Å². The summed E-state index contributed by atoms with van der Waals surface area (Å²) in [6.07, 6.45) is 6.00. The zero-order chi connectivity index (χ0) is 5.54. The summed E-state index contributed by atoms with van der Waals surface area (Å²) in [6.45, 7) is 0. The first-order valence-electron chi connectivity index (χ1n) is 2.89. The topological polar surface area (TPSA) is 0 Å². The van der Waals surface area contributed by atoms with Gasteiger partial charge in [-0.15, -0.1) is 0 Å². The van der Waals surface area contributed by atoms with E-state index in [1.54, 1.807) is 0 Å². The van der Waals surface area contributed by atoms with E-state index in [1.165, 1.54) is 25.7 Å². The van der Waals surface area contributed by atoms with E-state index in [9.17, 15) is 0 Å². The maximum atomic E-state index is 5.97. The first-order valence-corrected chi connectivity index (χ1v) is 2.00. The van der Waals surface area contributed by atoms with Crippen LogP contribution in [-0.4, -0.2) is 1.76 Å². The van der Waals surface area contributed by atoms with Crippen LogP contribution in [0.15, 0.2) is 0 Å². The van der Waals surface area contributed by atoms with Crippen LogP contribution in [0.2, 0.25) is 0 Å². The third kappa shape index (κ3) is 1.46.